The van der Waals surface area contributed by atoms with Gasteiger partial charge in [0.2, 0.25) is 0 Å². The van der Waals surface area contributed by atoms with Gasteiger partial charge in [0.25, 0.3) is 0 Å². The second-order valence-electron chi connectivity index (χ2n) is 15.2. The smallest absolute Gasteiger partial charge is 0.0491 e. The number of aromatic nitrogens is 2. The van der Waals surface area contributed by atoms with Gasteiger partial charge in [-0.15, -0.1) is 0 Å². The van der Waals surface area contributed by atoms with Crippen LogP contribution < -0.4 is 0 Å². The lowest BCUT2D eigenvalue weighted by Gasteiger charge is -2.33. The van der Waals surface area contributed by atoms with Crippen molar-refractivity contribution in [3.05, 3.63) is 154 Å². The van der Waals surface area contributed by atoms with E-state index in [1.54, 1.807) is 0 Å². The molecule has 0 saturated carbocycles. The number of hydrogen-bond donors (Lipinski definition) is 0. The third kappa shape index (κ3) is 6.36. The standard InChI is InChI=1S/C49H46Br2N2/c50-35-25-27-37-38-28-26-36(51)34-44(38)49(43(37)33-35,29-13-1-3-15-31-52-45-21-9-5-17-39(45)40-18-6-10-22-46(40)52)30-14-2-4-16-32-53-47-23-11-7-19-41(47)42-20-8-12-24-48(42)53/h5-12,17-28,33-34H,1-4,13-16,29-32H2. The molecule has 2 heterocycles. The number of aryl methyl sites for hydroxylation is 2. The van der Waals surface area contributed by atoms with Gasteiger partial charge in [-0.2, -0.15) is 0 Å². The van der Waals surface area contributed by atoms with Crippen molar-refractivity contribution in [1.82, 2.24) is 9.13 Å². The minimum Gasteiger partial charge on any atom is -0.340 e. The molecule has 53 heavy (non-hydrogen) atoms. The van der Waals surface area contributed by atoms with Crippen LogP contribution in [0.4, 0.5) is 0 Å². The molecule has 0 radical (unpaired) electrons. The van der Waals surface area contributed by atoms with E-state index in [9.17, 15) is 0 Å². The first-order valence-electron chi connectivity index (χ1n) is 19.6. The van der Waals surface area contributed by atoms with Gasteiger partial charge in [-0.25, -0.2) is 0 Å². The largest absolute Gasteiger partial charge is 0.340 e. The summed E-state index contributed by atoms with van der Waals surface area (Å²) in [6.07, 6.45) is 12.3. The maximum atomic E-state index is 3.87. The molecule has 0 amide bonds. The molecule has 0 atom stereocenters. The molecule has 0 aliphatic heterocycles. The lowest BCUT2D eigenvalue weighted by molar-refractivity contribution is 0.396. The average molecular weight is 823 g/mol. The predicted molar refractivity (Wildman–Crippen MR) is 233 cm³/mol. The van der Waals surface area contributed by atoms with Crippen LogP contribution in [0, 0.1) is 0 Å². The van der Waals surface area contributed by atoms with Crippen LogP contribution in [0.25, 0.3) is 54.7 Å². The summed E-state index contributed by atoms with van der Waals surface area (Å²) in [4.78, 5) is 0. The van der Waals surface area contributed by atoms with Gasteiger partial charge in [-0.05, 0) is 96.5 Å². The molecule has 1 aliphatic carbocycles. The van der Waals surface area contributed by atoms with Crippen LogP contribution in [0.1, 0.15) is 75.3 Å². The Kier molecular flexibility index (Phi) is 9.77. The molecule has 1 aliphatic rings. The molecule has 6 aromatic carbocycles. The third-order valence-corrected chi connectivity index (χ3v) is 13.1. The molecule has 0 unspecified atom stereocenters. The van der Waals surface area contributed by atoms with Crippen molar-refractivity contribution in [2.75, 3.05) is 0 Å². The summed E-state index contributed by atoms with van der Waals surface area (Å²) in [5.41, 5.74) is 11.4. The molecular weight excluding hydrogens is 776 g/mol. The summed E-state index contributed by atoms with van der Waals surface area (Å²) >= 11 is 7.75. The second-order valence-corrected chi connectivity index (χ2v) is 17.0. The van der Waals surface area contributed by atoms with Crippen molar-refractivity contribution in [2.45, 2.75) is 82.7 Å². The molecule has 0 bridgehead atoms. The summed E-state index contributed by atoms with van der Waals surface area (Å²) in [5, 5.41) is 5.47. The number of benzene rings is 6. The Hall–Kier alpha value is -4.12. The van der Waals surface area contributed by atoms with Gasteiger partial charge in [0.15, 0.2) is 0 Å². The highest BCUT2D eigenvalue weighted by atomic mass is 79.9. The van der Waals surface area contributed by atoms with E-state index in [0.717, 1.165) is 13.1 Å². The molecular formula is C49H46Br2N2. The number of nitrogens with zero attached hydrogens (tertiary/aromatic N) is 2. The predicted octanol–water partition coefficient (Wildman–Crippen LogP) is 15.0. The van der Waals surface area contributed by atoms with Gasteiger partial charge in [0.05, 0.1) is 0 Å². The van der Waals surface area contributed by atoms with Crippen LogP contribution in [0.5, 0.6) is 0 Å². The molecule has 4 heteroatoms. The van der Waals surface area contributed by atoms with Crippen molar-refractivity contribution >= 4 is 75.5 Å². The molecule has 0 spiro atoms. The molecule has 2 nitrogen and oxygen atoms in total. The summed E-state index contributed by atoms with van der Waals surface area (Å²) in [6.45, 7) is 2.14. The zero-order valence-electron chi connectivity index (χ0n) is 30.3. The molecule has 0 N–H and O–H groups in total. The van der Waals surface area contributed by atoms with E-state index in [2.05, 4.69) is 174 Å². The van der Waals surface area contributed by atoms with Crippen LogP contribution in [-0.4, -0.2) is 9.13 Å². The van der Waals surface area contributed by atoms with Crippen molar-refractivity contribution in [3.8, 4) is 11.1 Å². The first kappa shape index (κ1) is 34.6. The first-order chi connectivity index (χ1) is 26.1. The monoisotopic (exact) mass is 820 g/mol. The van der Waals surface area contributed by atoms with E-state index in [4.69, 9.17) is 0 Å². The fourth-order valence-corrected chi connectivity index (χ4v) is 10.4. The number of para-hydroxylation sites is 4. The SMILES string of the molecule is Brc1ccc2c(c1)C(CCCCCCn1c3ccccc3c3ccccc31)(CCCCCCn1c3ccccc3c3ccccc31)c1cc(Br)ccc1-2. The Morgan fingerprint density at radius 2 is 0.717 bits per heavy atom. The number of halogens is 2. The Morgan fingerprint density at radius 3 is 1.09 bits per heavy atom. The van der Waals surface area contributed by atoms with Crippen LogP contribution in [0.3, 0.4) is 0 Å². The van der Waals surface area contributed by atoms with Gasteiger partial charge >= 0.3 is 0 Å². The van der Waals surface area contributed by atoms with Crippen molar-refractivity contribution < 1.29 is 0 Å². The summed E-state index contributed by atoms with van der Waals surface area (Å²) < 4.78 is 7.47. The molecule has 266 valence electrons. The first-order valence-corrected chi connectivity index (χ1v) is 21.2. The summed E-state index contributed by atoms with van der Waals surface area (Å²) in [6, 6.07) is 49.6. The summed E-state index contributed by atoms with van der Waals surface area (Å²) in [7, 11) is 0. The minimum absolute atomic E-state index is 0.0396. The second kappa shape index (κ2) is 15.0. The fraction of sp³-hybridized carbons (Fsp3) is 0.265. The zero-order chi connectivity index (χ0) is 35.8. The van der Waals surface area contributed by atoms with Crippen LogP contribution in [0.2, 0.25) is 0 Å². The highest BCUT2D eigenvalue weighted by Gasteiger charge is 2.42. The lowest BCUT2D eigenvalue weighted by Crippen LogP contribution is -2.25. The maximum absolute atomic E-state index is 3.87. The minimum atomic E-state index is 0.0396. The Labute approximate surface area is 330 Å². The van der Waals surface area contributed by atoms with Crippen LogP contribution in [-0.2, 0) is 18.5 Å². The number of fused-ring (bicyclic) bond motifs is 9. The van der Waals surface area contributed by atoms with E-state index < -0.39 is 0 Å². The van der Waals surface area contributed by atoms with E-state index >= 15 is 0 Å². The van der Waals surface area contributed by atoms with Crippen LogP contribution in [0.15, 0.2) is 142 Å². The number of hydrogen-bond acceptors (Lipinski definition) is 0. The van der Waals surface area contributed by atoms with Gasteiger partial charge in [0.1, 0.15) is 0 Å². The topological polar surface area (TPSA) is 9.86 Å². The van der Waals surface area contributed by atoms with Crippen molar-refractivity contribution in [3.63, 3.8) is 0 Å². The van der Waals surface area contributed by atoms with Crippen molar-refractivity contribution in [1.29, 1.82) is 0 Å². The van der Waals surface area contributed by atoms with E-state index in [-0.39, 0.29) is 5.41 Å². The van der Waals surface area contributed by atoms with E-state index in [1.165, 1.54) is 139 Å². The molecule has 2 aromatic heterocycles. The van der Waals surface area contributed by atoms with E-state index in [0.29, 0.717) is 0 Å². The number of rotatable bonds is 14. The average Bonchev–Trinajstić information content (AvgIpc) is 3.78. The Bertz CT molecular complexity index is 2290. The van der Waals surface area contributed by atoms with Gasteiger partial charge in [0, 0.05) is 71.1 Å². The van der Waals surface area contributed by atoms with E-state index in [1.807, 2.05) is 0 Å². The third-order valence-electron chi connectivity index (χ3n) is 12.1. The Morgan fingerprint density at radius 1 is 0.377 bits per heavy atom. The maximum Gasteiger partial charge on any atom is 0.0491 e. The zero-order valence-corrected chi connectivity index (χ0v) is 33.5. The molecule has 0 fully saturated rings. The van der Waals surface area contributed by atoms with Crippen LogP contribution >= 0.6 is 31.9 Å². The number of unbranched alkanes of at least 4 members (excludes halogenated alkanes) is 6. The quantitative estimate of drug-likeness (QED) is 0.0967. The Balaban J connectivity index is 0.889. The highest BCUT2D eigenvalue weighted by Crippen LogP contribution is 2.55. The molecule has 0 saturated heterocycles. The lowest BCUT2D eigenvalue weighted by atomic mass is 9.70. The fourth-order valence-electron chi connectivity index (χ4n) is 9.69. The van der Waals surface area contributed by atoms with Gasteiger partial charge in [-0.1, -0.05) is 155 Å². The van der Waals surface area contributed by atoms with Gasteiger partial charge < -0.3 is 9.13 Å². The molecule has 8 aromatic rings. The highest BCUT2D eigenvalue weighted by molar-refractivity contribution is 9.10. The molecule has 9 rings (SSSR count). The normalized spacial score (nSPS) is 13.4. The van der Waals surface area contributed by atoms with Crippen molar-refractivity contribution in [2.24, 2.45) is 0 Å². The summed E-state index contributed by atoms with van der Waals surface area (Å²) in [5.74, 6) is 0. The van der Waals surface area contributed by atoms with Gasteiger partial charge in [-0.3, -0.25) is 0 Å².